The number of nitrogens with one attached hydrogen (secondary N) is 2. The largest absolute Gasteiger partial charge is 0.444 e. The minimum absolute atomic E-state index is 0.132. The van der Waals surface area contributed by atoms with Crippen molar-refractivity contribution in [1.29, 1.82) is 0 Å². The van der Waals surface area contributed by atoms with E-state index in [1.807, 2.05) is 51.9 Å². The molecule has 0 aliphatic rings. The summed E-state index contributed by atoms with van der Waals surface area (Å²) in [5.74, 6) is 1.03. The molecule has 136 valence electrons. The zero-order valence-corrected chi connectivity index (χ0v) is 15.7. The van der Waals surface area contributed by atoms with Crippen LogP contribution in [0.25, 0.3) is 6.08 Å². The Balaban J connectivity index is 2.45. The molecule has 0 fully saturated rings. The van der Waals surface area contributed by atoms with Crippen molar-refractivity contribution in [2.45, 2.75) is 52.9 Å². The van der Waals surface area contributed by atoms with E-state index in [-0.39, 0.29) is 6.23 Å². The van der Waals surface area contributed by atoms with Gasteiger partial charge < -0.3 is 24.7 Å². The van der Waals surface area contributed by atoms with Gasteiger partial charge in [0.05, 0.1) is 6.61 Å². The molecule has 24 heavy (non-hydrogen) atoms. The third-order valence-electron chi connectivity index (χ3n) is 3.60. The van der Waals surface area contributed by atoms with Gasteiger partial charge in [0, 0.05) is 25.4 Å². The first-order chi connectivity index (χ1) is 11.2. The summed E-state index contributed by atoms with van der Waals surface area (Å²) >= 11 is 0. The molecule has 0 spiro atoms. The van der Waals surface area contributed by atoms with Gasteiger partial charge in [0.15, 0.2) is 0 Å². The highest BCUT2D eigenvalue weighted by Gasteiger charge is 2.18. The van der Waals surface area contributed by atoms with Crippen molar-refractivity contribution in [1.82, 2.24) is 10.3 Å². The van der Waals surface area contributed by atoms with E-state index in [0.717, 1.165) is 17.8 Å². The number of carbonyl (C=O) groups excluding carboxylic acids is 1. The van der Waals surface area contributed by atoms with Gasteiger partial charge in [-0.2, -0.15) is 0 Å². The molecular formula is C18H31N3O3. The van der Waals surface area contributed by atoms with E-state index in [9.17, 15) is 4.79 Å². The SMILES string of the molecule is C=Cc1c[nH]c(N(C)C(C)OCCNC(=O)OC(C)(C)C)c1CC. The smallest absolute Gasteiger partial charge is 0.407 e. The van der Waals surface area contributed by atoms with Crippen molar-refractivity contribution in [2.24, 2.45) is 0 Å². The Morgan fingerprint density at radius 2 is 2.17 bits per heavy atom. The van der Waals surface area contributed by atoms with Crippen molar-refractivity contribution >= 4 is 18.0 Å². The van der Waals surface area contributed by atoms with Crippen LogP contribution in [0.4, 0.5) is 10.6 Å². The highest BCUT2D eigenvalue weighted by Crippen LogP contribution is 2.25. The summed E-state index contributed by atoms with van der Waals surface area (Å²) in [5, 5.41) is 2.68. The number of alkyl carbamates (subject to hydrolysis) is 1. The molecule has 1 aromatic heterocycles. The zero-order chi connectivity index (χ0) is 18.3. The Hall–Kier alpha value is -1.95. The van der Waals surface area contributed by atoms with Crippen LogP contribution in [0.2, 0.25) is 0 Å². The van der Waals surface area contributed by atoms with Crippen LogP contribution in [-0.4, -0.2) is 43.1 Å². The Kier molecular flexibility index (Phi) is 7.35. The first-order valence-electron chi connectivity index (χ1n) is 8.33. The van der Waals surface area contributed by atoms with Crippen LogP contribution in [-0.2, 0) is 15.9 Å². The number of ether oxygens (including phenoxy) is 2. The van der Waals surface area contributed by atoms with Crippen molar-refractivity contribution < 1.29 is 14.3 Å². The van der Waals surface area contributed by atoms with Crippen molar-refractivity contribution in [2.75, 3.05) is 25.1 Å². The van der Waals surface area contributed by atoms with E-state index < -0.39 is 11.7 Å². The third-order valence-corrected chi connectivity index (χ3v) is 3.60. The van der Waals surface area contributed by atoms with Gasteiger partial charge >= 0.3 is 6.09 Å². The lowest BCUT2D eigenvalue weighted by Crippen LogP contribution is -2.37. The van der Waals surface area contributed by atoms with Crippen LogP contribution in [0.5, 0.6) is 0 Å². The van der Waals surface area contributed by atoms with Gasteiger partial charge in [-0.25, -0.2) is 4.79 Å². The molecule has 2 N–H and O–H groups in total. The van der Waals surface area contributed by atoms with Gasteiger partial charge in [0.1, 0.15) is 17.6 Å². The maximum absolute atomic E-state index is 11.6. The summed E-state index contributed by atoms with van der Waals surface area (Å²) in [6.45, 7) is 14.2. The molecule has 0 aromatic carbocycles. The molecule has 0 saturated heterocycles. The molecule has 1 amide bonds. The maximum Gasteiger partial charge on any atom is 0.407 e. The minimum atomic E-state index is -0.495. The van der Waals surface area contributed by atoms with Crippen LogP contribution in [0.1, 0.15) is 45.7 Å². The average molecular weight is 337 g/mol. The first kappa shape index (κ1) is 20.1. The lowest BCUT2D eigenvalue weighted by Gasteiger charge is -2.27. The number of aromatic amines is 1. The monoisotopic (exact) mass is 337 g/mol. The van der Waals surface area contributed by atoms with E-state index in [0.29, 0.717) is 13.2 Å². The highest BCUT2D eigenvalue weighted by atomic mass is 16.6. The van der Waals surface area contributed by atoms with Crippen LogP contribution in [0.3, 0.4) is 0 Å². The summed E-state index contributed by atoms with van der Waals surface area (Å²) in [7, 11) is 1.98. The van der Waals surface area contributed by atoms with Crippen LogP contribution < -0.4 is 10.2 Å². The molecule has 1 unspecified atom stereocenters. The second-order valence-electron chi connectivity index (χ2n) is 6.64. The molecule has 1 atom stereocenters. The van der Waals surface area contributed by atoms with Crippen molar-refractivity contribution in [3.8, 4) is 0 Å². The van der Waals surface area contributed by atoms with Crippen molar-refractivity contribution in [3.63, 3.8) is 0 Å². The van der Waals surface area contributed by atoms with Gasteiger partial charge in [-0.15, -0.1) is 0 Å². The van der Waals surface area contributed by atoms with Crippen molar-refractivity contribution in [3.05, 3.63) is 23.9 Å². The number of amides is 1. The number of nitrogens with zero attached hydrogens (tertiary/aromatic N) is 1. The molecule has 1 heterocycles. The fourth-order valence-corrected chi connectivity index (χ4v) is 2.32. The van der Waals surface area contributed by atoms with Gasteiger partial charge in [-0.05, 0) is 39.7 Å². The molecule has 1 rings (SSSR count). The van der Waals surface area contributed by atoms with E-state index in [1.54, 1.807) is 0 Å². The number of H-pyrrole nitrogens is 1. The Morgan fingerprint density at radius 3 is 2.71 bits per heavy atom. The Labute approximate surface area is 145 Å². The molecule has 0 aliphatic heterocycles. The number of hydrogen-bond donors (Lipinski definition) is 2. The molecule has 0 radical (unpaired) electrons. The molecule has 0 saturated carbocycles. The Bertz CT molecular complexity index is 546. The van der Waals surface area contributed by atoms with E-state index in [4.69, 9.17) is 9.47 Å². The summed E-state index contributed by atoms with van der Waals surface area (Å²) in [4.78, 5) is 16.9. The topological polar surface area (TPSA) is 66.6 Å². The Morgan fingerprint density at radius 1 is 1.50 bits per heavy atom. The van der Waals surface area contributed by atoms with Crippen LogP contribution in [0, 0.1) is 0 Å². The maximum atomic E-state index is 11.6. The number of hydrogen-bond acceptors (Lipinski definition) is 4. The number of anilines is 1. The summed E-state index contributed by atoms with van der Waals surface area (Å²) in [6, 6.07) is 0. The molecule has 0 bridgehead atoms. The van der Waals surface area contributed by atoms with Gasteiger partial charge in [-0.3, -0.25) is 0 Å². The third kappa shape index (κ3) is 5.92. The summed E-state index contributed by atoms with van der Waals surface area (Å²) < 4.78 is 11.0. The molecule has 0 aliphatic carbocycles. The lowest BCUT2D eigenvalue weighted by molar-refractivity contribution is 0.0435. The average Bonchev–Trinajstić information content (AvgIpc) is 2.91. The highest BCUT2D eigenvalue weighted by molar-refractivity contribution is 5.67. The van der Waals surface area contributed by atoms with Gasteiger partial charge in [-0.1, -0.05) is 19.6 Å². The fraction of sp³-hybridized carbons (Fsp3) is 0.611. The summed E-state index contributed by atoms with van der Waals surface area (Å²) in [6.07, 6.45) is 4.15. The van der Waals surface area contributed by atoms with E-state index >= 15 is 0 Å². The molecular weight excluding hydrogens is 306 g/mol. The molecule has 6 nitrogen and oxygen atoms in total. The fourth-order valence-electron chi connectivity index (χ4n) is 2.32. The standard InChI is InChI=1S/C18H31N3O3/c1-8-14-12-20-16(15(14)9-2)21(7)13(3)23-11-10-19-17(22)24-18(4,5)6/h8,12-13,20H,1,9-11H2,2-7H3,(H,19,22). The number of rotatable bonds is 8. The second-order valence-corrected chi connectivity index (χ2v) is 6.64. The van der Waals surface area contributed by atoms with Crippen LogP contribution >= 0.6 is 0 Å². The van der Waals surface area contributed by atoms with E-state index in [1.165, 1.54) is 5.56 Å². The van der Waals surface area contributed by atoms with Crippen LogP contribution in [0.15, 0.2) is 12.8 Å². The minimum Gasteiger partial charge on any atom is -0.444 e. The first-order valence-corrected chi connectivity index (χ1v) is 8.33. The normalized spacial score (nSPS) is 12.6. The van der Waals surface area contributed by atoms with Gasteiger partial charge in [0.2, 0.25) is 0 Å². The quantitative estimate of drug-likeness (QED) is 0.562. The predicted molar refractivity (Wildman–Crippen MR) is 98.3 cm³/mol. The number of aromatic nitrogens is 1. The zero-order valence-electron chi connectivity index (χ0n) is 15.7. The molecule has 1 aromatic rings. The lowest BCUT2D eigenvalue weighted by atomic mass is 10.1. The predicted octanol–water partition coefficient (Wildman–Crippen LogP) is 3.54. The van der Waals surface area contributed by atoms with E-state index in [2.05, 4.69) is 23.8 Å². The second kappa shape index (κ2) is 8.78. The molecule has 6 heteroatoms. The summed E-state index contributed by atoms with van der Waals surface area (Å²) in [5.41, 5.74) is 1.83. The van der Waals surface area contributed by atoms with Gasteiger partial charge in [0.25, 0.3) is 0 Å². The number of carbonyl (C=O) groups is 1.